The van der Waals surface area contributed by atoms with Crippen molar-refractivity contribution in [2.45, 2.75) is 0 Å². The normalized spacial score (nSPS) is 12.0. The van der Waals surface area contributed by atoms with Gasteiger partial charge in [-0.15, -0.1) is 0 Å². The highest BCUT2D eigenvalue weighted by molar-refractivity contribution is 6.29. The van der Waals surface area contributed by atoms with E-state index in [0.29, 0.717) is 5.56 Å². The van der Waals surface area contributed by atoms with Crippen LogP contribution in [-0.2, 0) is 0 Å². The van der Waals surface area contributed by atoms with Gasteiger partial charge in [-0.25, -0.2) is 0 Å². The summed E-state index contributed by atoms with van der Waals surface area (Å²) in [6.07, 6.45) is 7.56. The van der Waals surface area contributed by atoms with Gasteiger partial charge in [-0.05, 0) is 162 Å². The molecular weight excluding hydrogens is 1410 g/mol. The molecule has 0 saturated heterocycles. The molecule has 0 bridgehead atoms. The Bertz CT molecular complexity index is 7860. The van der Waals surface area contributed by atoms with Crippen LogP contribution in [0.3, 0.4) is 0 Å². The predicted molar refractivity (Wildman–Crippen MR) is 480 cm³/mol. The number of benzene rings is 16. The maximum absolute atomic E-state index is 12.7. The summed E-state index contributed by atoms with van der Waals surface area (Å²) in [7, 11) is 0. The third-order valence-corrected chi connectivity index (χ3v) is 24.2. The molecule has 8 aromatic heterocycles. The molecule has 0 aliphatic carbocycles. The fraction of sp³-hybridized carbons (Fsp3) is 0. The highest BCUT2D eigenvalue weighted by Gasteiger charge is 2.32. The molecule has 0 atom stereocenters. The summed E-state index contributed by atoms with van der Waals surface area (Å²) in [6, 6.07) is 137. The number of fused-ring (bicyclic) bond motifs is 21. The molecule has 0 aliphatic rings. The fourth-order valence-corrected chi connectivity index (χ4v) is 19.6. The van der Waals surface area contributed by atoms with Gasteiger partial charge in [0, 0.05) is 157 Å². The van der Waals surface area contributed by atoms with Crippen molar-refractivity contribution in [3.05, 3.63) is 400 Å². The average molecular weight is 1480 g/mol. The van der Waals surface area contributed by atoms with Crippen LogP contribution in [0.4, 0.5) is 0 Å². The number of para-hydroxylation sites is 9. The van der Waals surface area contributed by atoms with Gasteiger partial charge in [-0.1, -0.05) is 231 Å². The van der Waals surface area contributed by atoms with E-state index in [2.05, 4.69) is 391 Å². The maximum Gasteiger partial charge on any atom is 0.100 e. The van der Waals surface area contributed by atoms with Crippen molar-refractivity contribution < 1.29 is 0 Å². The van der Waals surface area contributed by atoms with Crippen LogP contribution in [0.1, 0.15) is 5.56 Å². The summed E-state index contributed by atoms with van der Waals surface area (Å²) >= 11 is 0. The van der Waals surface area contributed by atoms with Crippen LogP contribution in [0.5, 0.6) is 0 Å². The van der Waals surface area contributed by atoms with E-state index in [1.165, 1.54) is 54.0 Å². The van der Waals surface area contributed by atoms with Crippen LogP contribution >= 0.6 is 0 Å². The lowest BCUT2D eigenvalue weighted by atomic mass is 9.76. The van der Waals surface area contributed by atoms with Crippen LogP contribution in [0.25, 0.3) is 221 Å². The zero-order valence-corrected chi connectivity index (χ0v) is 62.6. The fourth-order valence-electron chi connectivity index (χ4n) is 19.6. The molecule has 0 amide bonds. The standard InChI is InChI=1S/C107H65N9/c108-64-87-97(67-44-50-75(51-45-67)111-91-41-19-13-35-84(91)102-94(111)59-56-81-78-32-10-16-38-88(78)114(105(81)102)72-26-4-1-5-27-72)100(70-24-22-62-109-65-70)99(69-48-54-77(55-49-69)113-93-43-21-15-37-86(93)104-96(113)61-58-83-80-34-12-18-40-90(80)116(107(83)104)74-30-8-3-9-31-74)101(71-25-23-63-110-66-71)98(87)68-46-52-76(53-47-68)112-92-42-20-14-36-85(92)103-95(112)60-57-82-79-33-11-17-39-89(79)115(106(82)103)73-28-6-2-7-29-73/h1-63,65-66H. The second kappa shape index (κ2) is 25.6. The Balaban J connectivity index is 0.754. The molecule has 116 heavy (non-hydrogen) atoms. The van der Waals surface area contributed by atoms with Crippen LogP contribution in [0, 0.1) is 11.3 Å². The number of hydrogen-bond acceptors (Lipinski definition) is 3. The lowest BCUT2D eigenvalue weighted by Gasteiger charge is -2.26. The van der Waals surface area contributed by atoms with Crippen molar-refractivity contribution in [2.75, 3.05) is 0 Å². The number of nitriles is 1. The van der Waals surface area contributed by atoms with Crippen LogP contribution in [0.15, 0.2) is 395 Å². The first kappa shape index (κ1) is 64.9. The first-order valence-corrected chi connectivity index (χ1v) is 39.4. The van der Waals surface area contributed by atoms with E-state index in [-0.39, 0.29) is 0 Å². The zero-order chi connectivity index (χ0) is 76.2. The molecule has 24 aromatic rings. The first-order valence-electron chi connectivity index (χ1n) is 39.4. The van der Waals surface area contributed by atoms with Gasteiger partial charge in [0.2, 0.25) is 0 Å². The second-order valence-electron chi connectivity index (χ2n) is 30.2. The zero-order valence-electron chi connectivity index (χ0n) is 62.6. The molecule has 9 nitrogen and oxygen atoms in total. The number of pyridine rings is 2. The maximum atomic E-state index is 12.7. The molecule has 0 fully saturated rings. The summed E-state index contributed by atoms with van der Waals surface area (Å²) in [5.74, 6) is 0. The van der Waals surface area contributed by atoms with Gasteiger partial charge in [0.25, 0.3) is 0 Å². The summed E-state index contributed by atoms with van der Waals surface area (Å²) in [5.41, 5.74) is 29.0. The molecule has 24 rings (SSSR count). The van der Waals surface area contributed by atoms with Gasteiger partial charge in [0.15, 0.2) is 0 Å². The van der Waals surface area contributed by atoms with E-state index in [4.69, 9.17) is 9.97 Å². The molecule has 9 heteroatoms. The Hall–Kier alpha value is -15.9. The predicted octanol–water partition coefficient (Wildman–Crippen LogP) is 27.3. The second-order valence-corrected chi connectivity index (χ2v) is 30.2. The van der Waals surface area contributed by atoms with Crippen molar-refractivity contribution in [2.24, 2.45) is 0 Å². The lowest BCUT2D eigenvalue weighted by molar-refractivity contribution is 1.17. The van der Waals surface area contributed by atoms with Crippen molar-refractivity contribution in [3.8, 4) is 95.8 Å². The van der Waals surface area contributed by atoms with Crippen molar-refractivity contribution in [1.82, 2.24) is 37.4 Å². The summed E-state index contributed by atoms with van der Waals surface area (Å²) in [6.45, 7) is 0. The highest BCUT2D eigenvalue weighted by atomic mass is 15.0. The monoisotopic (exact) mass is 1480 g/mol. The molecule has 0 aliphatic heterocycles. The van der Waals surface area contributed by atoms with E-state index < -0.39 is 0 Å². The first-order chi connectivity index (χ1) is 57.6. The Kier molecular flexibility index (Phi) is 14.3. The molecule has 0 N–H and O–H groups in total. The van der Waals surface area contributed by atoms with Crippen molar-refractivity contribution in [1.29, 1.82) is 5.26 Å². The van der Waals surface area contributed by atoms with Gasteiger partial charge >= 0.3 is 0 Å². The molecule has 0 spiro atoms. The van der Waals surface area contributed by atoms with E-state index >= 15 is 0 Å². The SMILES string of the molecule is N#Cc1c(-c2ccc(-n3c4ccccc4c4c3ccc3c5ccccc5n(-c5ccccc5)c34)cc2)c(-c2cccnc2)c(-c2ccc(-n3c4ccccc4c4c3ccc3c5ccccc5n(-c5ccccc5)c34)cc2)c(-c2cccnc2)c1-c1ccc(-n2c3ccccc3c3c2ccc2c4ccccc4n(-c4ccccc4)c23)cc1. The lowest BCUT2D eigenvalue weighted by Crippen LogP contribution is -2.03. The van der Waals surface area contributed by atoms with E-state index in [1.54, 1.807) is 0 Å². The molecule has 0 unspecified atom stereocenters. The Morgan fingerprint density at radius 3 is 0.741 bits per heavy atom. The third-order valence-electron chi connectivity index (χ3n) is 24.2. The number of rotatable bonds is 11. The van der Waals surface area contributed by atoms with Crippen molar-refractivity contribution >= 4 is 131 Å². The van der Waals surface area contributed by atoms with Gasteiger partial charge in [0.1, 0.15) is 6.07 Å². The highest BCUT2D eigenvalue weighted by Crippen LogP contribution is 2.55. The molecule has 0 saturated carbocycles. The van der Waals surface area contributed by atoms with Crippen molar-refractivity contribution in [3.63, 3.8) is 0 Å². The smallest absolute Gasteiger partial charge is 0.100 e. The largest absolute Gasteiger partial charge is 0.309 e. The number of aromatic nitrogens is 8. The Morgan fingerprint density at radius 2 is 0.448 bits per heavy atom. The van der Waals surface area contributed by atoms with Gasteiger partial charge in [-0.2, -0.15) is 5.26 Å². The molecule has 16 aromatic carbocycles. The molecular formula is C107H65N9. The van der Waals surface area contributed by atoms with E-state index in [9.17, 15) is 5.26 Å². The van der Waals surface area contributed by atoms with Crippen LogP contribution < -0.4 is 0 Å². The number of nitrogens with zero attached hydrogens (tertiary/aromatic N) is 9. The summed E-state index contributed by atoms with van der Waals surface area (Å²) in [4.78, 5) is 9.84. The minimum absolute atomic E-state index is 0.522. The van der Waals surface area contributed by atoms with Gasteiger partial charge < -0.3 is 27.4 Å². The molecule has 538 valence electrons. The number of hydrogen-bond donors (Lipinski definition) is 0. The Morgan fingerprint density at radius 1 is 0.190 bits per heavy atom. The van der Waals surface area contributed by atoms with E-state index in [0.717, 1.165) is 167 Å². The van der Waals surface area contributed by atoms with Gasteiger partial charge in [-0.3, -0.25) is 9.97 Å². The van der Waals surface area contributed by atoms with Crippen LogP contribution in [-0.4, -0.2) is 37.4 Å². The molecule has 8 heterocycles. The van der Waals surface area contributed by atoms with E-state index in [1.807, 2.05) is 36.9 Å². The topological polar surface area (TPSA) is 79.2 Å². The van der Waals surface area contributed by atoms with Crippen LogP contribution in [0.2, 0.25) is 0 Å². The minimum atomic E-state index is 0.522. The van der Waals surface area contributed by atoms with Gasteiger partial charge in [0.05, 0.1) is 71.8 Å². The summed E-state index contributed by atoms with van der Waals surface area (Å²) < 4.78 is 14.6. The minimum Gasteiger partial charge on any atom is -0.309 e. The third kappa shape index (κ3) is 9.44. The molecule has 0 radical (unpaired) electrons. The quantitative estimate of drug-likeness (QED) is 0.129. The average Bonchev–Trinajstić information content (AvgIpc) is 1.41. The Labute approximate surface area is 665 Å². The summed E-state index contributed by atoms with van der Waals surface area (Å²) in [5, 5.41) is 26.9.